The van der Waals surface area contributed by atoms with Crippen LogP contribution in [0.5, 0.6) is 5.75 Å². The lowest BCUT2D eigenvalue weighted by Gasteiger charge is -2.32. The number of likely N-dealkylation sites (N-methyl/N-ethyl adjacent to an activating group) is 1. The van der Waals surface area contributed by atoms with Gasteiger partial charge in [0.2, 0.25) is 5.91 Å². The molecule has 0 fully saturated rings. The Balaban J connectivity index is 1.68. The maximum absolute atomic E-state index is 14.5. The molecule has 0 aliphatic rings. The molecule has 0 bridgehead atoms. The van der Waals surface area contributed by atoms with Crippen LogP contribution >= 0.6 is 31.9 Å². The highest BCUT2D eigenvalue weighted by Gasteiger charge is 2.38. The van der Waals surface area contributed by atoms with Gasteiger partial charge in [-0.2, -0.15) is 0 Å². The average molecular weight is 722 g/mol. The van der Waals surface area contributed by atoms with Crippen molar-refractivity contribution in [1.82, 2.24) is 4.31 Å². The first-order chi connectivity index (χ1) is 20.6. The van der Waals surface area contributed by atoms with Crippen molar-refractivity contribution in [2.45, 2.75) is 23.8 Å². The van der Waals surface area contributed by atoms with E-state index in [1.165, 1.54) is 19.2 Å². The summed E-state index contributed by atoms with van der Waals surface area (Å²) in [5, 5.41) is 5.63. The van der Waals surface area contributed by atoms with Crippen molar-refractivity contribution in [2.75, 3.05) is 19.5 Å². The number of carbonyl (C=O) groups is 1. The molecule has 0 saturated heterocycles. The van der Waals surface area contributed by atoms with Crippen molar-refractivity contribution in [2.24, 2.45) is 0 Å². The van der Waals surface area contributed by atoms with Gasteiger partial charge in [0.1, 0.15) is 5.75 Å². The molecule has 0 unspecified atom stereocenters. The Kier molecular flexibility index (Phi) is 9.25. The normalized spacial score (nSPS) is 12.9. The zero-order valence-electron chi connectivity index (χ0n) is 23.8. The third kappa shape index (κ3) is 6.79. The minimum atomic E-state index is -4.14. The van der Waals surface area contributed by atoms with Crippen molar-refractivity contribution in [3.8, 4) is 5.75 Å². The van der Waals surface area contributed by atoms with Crippen LogP contribution in [0.25, 0.3) is 10.8 Å². The second kappa shape index (κ2) is 12.9. The summed E-state index contributed by atoms with van der Waals surface area (Å²) in [5.41, 5.74) is 3.13. The summed E-state index contributed by atoms with van der Waals surface area (Å²) < 4.78 is 35.4. The first-order valence-corrected chi connectivity index (χ1v) is 16.5. The Hall–Kier alpha value is -3.66. The number of fused-ring (bicyclic) bond motifs is 1. The summed E-state index contributed by atoms with van der Waals surface area (Å²) >= 11 is 7.12. The number of benzene rings is 5. The first kappa shape index (κ1) is 30.8. The van der Waals surface area contributed by atoms with Crippen LogP contribution in [0.15, 0.2) is 123 Å². The lowest BCUT2D eigenvalue weighted by atomic mass is 9.85. The maximum atomic E-state index is 14.5. The summed E-state index contributed by atoms with van der Waals surface area (Å²) in [4.78, 5) is 14.6. The van der Waals surface area contributed by atoms with Gasteiger partial charge in [0.05, 0.1) is 24.0 Å². The molecule has 0 spiro atoms. The molecule has 5 rings (SSSR count). The molecule has 9 heteroatoms. The zero-order chi connectivity index (χ0) is 30.7. The van der Waals surface area contributed by atoms with Gasteiger partial charge in [-0.15, -0.1) is 0 Å². The molecule has 0 heterocycles. The number of amides is 1. The smallest absolute Gasteiger partial charge is 0.266 e. The lowest BCUT2D eigenvalue weighted by Crippen LogP contribution is -2.40. The fraction of sp³-hybridized carbons (Fsp3) is 0.147. The SMILES string of the molecule is COc1ccc([C@@H](C(=O)N(C)S(=O)(=O)c2ccc(C)cc2)[C@H](Nc2cc(Br)cc(Br)c2)c2ccc3ccccc3c2)cc1. The largest absolute Gasteiger partial charge is 0.497 e. The predicted octanol–water partition coefficient (Wildman–Crippen LogP) is 8.47. The van der Waals surface area contributed by atoms with E-state index < -0.39 is 27.9 Å². The Morgan fingerprint density at radius 3 is 2.02 bits per heavy atom. The van der Waals surface area contributed by atoms with E-state index in [2.05, 4.69) is 37.2 Å². The number of sulfonamides is 1. The highest BCUT2D eigenvalue weighted by Crippen LogP contribution is 2.39. The van der Waals surface area contributed by atoms with E-state index in [0.29, 0.717) is 11.3 Å². The molecule has 220 valence electrons. The van der Waals surface area contributed by atoms with E-state index in [0.717, 1.165) is 40.8 Å². The maximum Gasteiger partial charge on any atom is 0.266 e. The van der Waals surface area contributed by atoms with Gasteiger partial charge in [-0.1, -0.05) is 98.1 Å². The van der Waals surface area contributed by atoms with Gasteiger partial charge in [0.25, 0.3) is 10.0 Å². The Morgan fingerprint density at radius 1 is 0.791 bits per heavy atom. The number of nitrogens with zero attached hydrogens (tertiary/aromatic N) is 1. The summed E-state index contributed by atoms with van der Waals surface area (Å²) in [6.45, 7) is 1.88. The van der Waals surface area contributed by atoms with Gasteiger partial charge < -0.3 is 10.1 Å². The number of rotatable bonds is 9. The number of nitrogens with one attached hydrogen (secondary N) is 1. The quantitative estimate of drug-likeness (QED) is 0.165. The van der Waals surface area contributed by atoms with Crippen LogP contribution in [0.1, 0.15) is 28.7 Å². The number of hydrogen-bond donors (Lipinski definition) is 1. The van der Waals surface area contributed by atoms with Gasteiger partial charge in [-0.3, -0.25) is 4.79 Å². The van der Waals surface area contributed by atoms with Crippen LogP contribution in [0.2, 0.25) is 0 Å². The van der Waals surface area contributed by atoms with E-state index >= 15 is 0 Å². The van der Waals surface area contributed by atoms with Crippen molar-refractivity contribution in [3.63, 3.8) is 0 Å². The van der Waals surface area contributed by atoms with Crippen molar-refractivity contribution in [1.29, 1.82) is 0 Å². The van der Waals surface area contributed by atoms with Crippen LogP contribution in [-0.2, 0) is 14.8 Å². The Morgan fingerprint density at radius 2 is 1.40 bits per heavy atom. The molecule has 1 N–H and O–H groups in total. The van der Waals surface area contributed by atoms with E-state index in [1.54, 1.807) is 43.5 Å². The molecule has 2 atom stereocenters. The second-order valence-corrected chi connectivity index (χ2v) is 14.1. The molecule has 5 aromatic rings. The number of aryl methyl sites for hydroxylation is 1. The number of carbonyl (C=O) groups excluding carboxylic acids is 1. The van der Waals surface area contributed by atoms with E-state index in [-0.39, 0.29) is 4.90 Å². The molecule has 0 aliphatic carbocycles. The number of anilines is 1. The van der Waals surface area contributed by atoms with Crippen LogP contribution in [0.4, 0.5) is 5.69 Å². The molecule has 0 aliphatic heterocycles. The molecule has 43 heavy (non-hydrogen) atoms. The van der Waals surface area contributed by atoms with Gasteiger partial charge in [-0.25, -0.2) is 12.7 Å². The van der Waals surface area contributed by atoms with E-state index in [9.17, 15) is 13.2 Å². The van der Waals surface area contributed by atoms with Gasteiger partial charge in [0, 0.05) is 21.7 Å². The van der Waals surface area contributed by atoms with Gasteiger partial charge in [-0.05, 0) is 77.4 Å². The fourth-order valence-corrected chi connectivity index (χ4v) is 7.49. The van der Waals surface area contributed by atoms with Crippen LogP contribution in [0, 0.1) is 6.92 Å². The number of hydrogen-bond acceptors (Lipinski definition) is 5. The minimum Gasteiger partial charge on any atom is -0.497 e. The number of halogens is 2. The molecule has 0 aromatic heterocycles. The molecule has 0 radical (unpaired) electrons. The highest BCUT2D eigenvalue weighted by atomic mass is 79.9. The Bertz CT molecular complexity index is 1860. The second-order valence-electron chi connectivity index (χ2n) is 10.3. The highest BCUT2D eigenvalue weighted by molar-refractivity contribution is 9.11. The van der Waals surface area contributed by atoms with Crippen LogP contribution in [0.3, 0.4) is 0 Å². The van der Waals surface area contributed by atoms with Crippen molar-refractivity contribution in [3.05, 3.63) is 135 Å². The predicted molar refractivity (Wildman–Crippen MR) is 179 cm³/mol. The summed E-state index contributed by atoms with van der Waals surface area (Å²) in [5.74, 6) is -0.887. The van der Waals surface area contributed by atoms with Gasteiger partial charge >= 0.3 is 0 Å². The molecule has 6 nitrogen and oxygen atoms in total. The molecule has 0 saturated carbocycles. The summed E-state index contributed by atoms with van der Waals surface area (Å²) in [6.07, 6.45) is 0. The van der Waals surface area contributed by atoms with E-state index in [4.69, 9.17) is 4.74 Å². The van der Waals surface area contributed by atoms with Gasteiger partial charge in [0.15, 0.2) is 0 Å². The topological polar surface area (TPSA) is 75.7 Å². The molecule has 5 aromatic carbocycles. The lowest BCUT2D eigenvalue weighted by molar-refractivity contribution is -0.127. The Labute approximate surface area is 269 Å². The van der Waals surface area contributed by atoms with Crippen molar-refractivity contribution < 1.29 is 17.9 Å². The van der Waals surface area contributed by atoms with Crippen LogP contribution < -0.4 is 10.1 Å². The first-order valence-electron chi connectivity index (χ1n) is 13.5. The number of methoxy groups -OCH3 is 1. The third-order valence-electron chi connectivity index (χ3n) is 7.38. The fourth-order valence-electron chi connectivity index (χ4n) is 5.05. The average Bonchev–Trinajstić information content (AvgIpc) is 3.00. The minimum absolute atomic E-state index is 0.0496. The molecule has 1 amide bonds. The summed E-state index contributed by atoms with van der Waals surface area (Å²) in [6, 6.07) is 32.8. The number of ether oxygens (including phenoxy) is 1. The summed E-state index contributed by atoms with van der Waals surface area (Å²) in [7, 11) is -1.25. The standard InChI is InChI=1S/C34H30Br2N2O4S/c1-22-8-16-31(17-9-22)43(40,41)38(2)34(39)32(24-12-14-30(42-3)15-13-24)33(37-29-20-27(35)19-28(36)21-29)26-11-10-23-6-4-5-7-25(23)18-26/h4-21,32-33,37H,1-3H3/t32-,33-/m1/s1. The third-order valence-corrected chi connectivity index (χ3v) is 10.1. The van der Waals surface area contributed by atoms with Crippen LogP contribution in [-0.4, -0.2) is 32.8 Å². The molecular weight excluding hydrogens is 692 g/mol. The van der Waals surface area contributed by atoms with E-state index in [1.807, 2.05) is 67.6 Å². The van der Waals surface area contributed by atoms with Crippen molar-refractivity contribution >= 4 is 64.3 Å². The molecular formula is C34H30Br2N2O4S. The zero-order valence-corrected chi connectivity index (χ0v) is 27.8. The monoisotopic (exact) mass is 720 g/mol.